The maximum atomic E-state index is 5.89. The molecule has 1 fully saturated rings. The Morgan fingerprint density at radius 3 is 2.57 bits per heavy atom. The van der Waals surface area contributed by atoms with Crippen LogP contribution in [0.4, 0.5) is 11.4 Å². The van der Waals surface area contributed by atoms with Crippen molar-refractivity contribution in [2.45, 2.75) is 0 Å². The third-order valence-electron chi connectivity index (χ3n) is 3.76. The smallest absolute Gasteiger partial charge is 0.146 e. The molecule has 0 saturated carbocycles. The second-order valence-corrected chi connectivity index (χ2v) is 5.70. The van der Waals surface area contributed by atoms with Gasteiger partial charge in [0.15, 0.2) is 0 Å². The summed E-state index contributed by atoms with van der Waals surface area (Å²) in [6.45, 7) is 3.32. The first kappa shape index (κ1) is 15.8. The van der Waals surface area contributed by atoms with Crippen LogP contribution < -0.4 is 9.64 Å². The number of aliphatic imine (C=N–C) groups is 1. The summed E-state index contributed by atoms with van der Waals surface area (Å²) in [6, 6.07) is 13.6. The highest BCUT2D eigenvalue weighted by Gasteiger charge is 2.13. The molecule has 1 saturated heterocycles. The van der Waals surface area contributed by atoms with Gasteiger partial charge in [0.25, 0.3) is 0 Å². The van der Waals surface area contributed by atoms with Crippen molar-refractivity contribution in [3.8, 4) is 5.75 Å². The quantitative estimate of drug-likeness (QED) is 0.796. The number of hydrogen-bond donors (Lipinski definition) is 0. The van der Waals surface area contributed by atoms with E-state index < -0.39 is 0 Å². The van der Waals surface area contributed by atoms with Crippen molar-refractivity contribution in [3.63, 3.8) is 0 Å². The second-order valence-electron chi connectivity index (χ2n) is 5.27. The molecule has 120 valence electrons. The Kier molecular flexibility index (Phi) is 5.16. The van der Waals surface area contributed by atoms with E-state index >= 15 is 0 Å². The van der Waals surface area contributed by atoms with E-state index in [9.17, 15) is 0 Å². The van der Waals surface area contributed by atoms with Crippen molar-refractivity contribution in [1.29, 1.82) is 0 Å². The third-order valence-corrected chi connectivity index (χ3v) is 4.01. The topological polar surface area (TPSA) is 34.1 Å². The summed E-state index contributed by atoms with van der Waals surface area (Å²) in [7, 11) is 1.67. The van der Waals surface area contributed by atoms with Gasteiger partial charge >= 0.3 is 0 Å². The van der Waals surface area contributed by atoms with Crippen LogP contribution in [0.2, 0.25) is 5.02 Å². The van der Waals surface area contributed by atoms with Crippen LogP contribution >= 0.6 is 11.6 Å². The van der Waals surface area contributed by atoms with Crippen molar-refractivity contribution in [3.05, 3.63) is 53.1 Å². The zero-order valence-corrected chi connectivity index (χ0v) is 13.8. The Labute approximate surface area is 141 Å². The van der Waals surface area contributed by atoms with Crippen LogP contribution in [0.1, 0.15) is 5.56 Å². The SMILES string of the molecule is COc1cc(N2CCOCC2)ccc1N=Cc1ccc(Cl)cc1. The number of halogens is 1. The van der Waals surface area contributed by atoms with Gasteiger partial charge in [0, 0.05) is 36.1 Å². The Morgan fingerprint density at radius 1 is 1.13 bits per heavy atom. The molecule has 0 aromatic heterocycles. The monoisotopic (exact) mass is 330 g/mol. The standard InChI is InChI=1S/C18H19ClN2O2/c1-22-18-12-16(21-8-10-23-11-9-21)6-7-17(18)20-13-14-2-4-15(19)5-3-14/h2-7,12-13H,8-11H2,1H3. The molecule has 2 aromatic rings. The molecule has 3 rings (SSSR count). The maximum absolute atomic E-state index is 5.89. The maximum Gasteiger partial charge on any atom is 0.146 e. The fraction of sp³-hybridized carbons (Fsp3) is 0.278. The van der Waals surface area contributed by atoms with Crippen molar-refractivity contribution in [1.82, 2.24) is 0 Å². The van der Waals surface area contributed by atoms with E-state index in [0.29, 0.717) is 0 Å². The number of anilines is 1. The highest BCUT2D eigenvalue weighted by Crippen LogP contribution is 2.32. The summed E-state index contributed by atoms with van der Waals surface area (Å²) in [5.41, 5.74) is 2.93. The number of rotatable bonds is 4. The van der Waals surface area contributed by atoms with Gasteiger partial charge in [-0.15, -0.1) is 0 Å². The molecule has 0 unspecified atom stereocenters. The zero-order chi connectivity index (χ0) is 16.1. The minimum atomic E-state index is 0.717. The average Bonchev–Trinajstić information content (AvgIpc) is 2.62. The predicted octanol–water partition coefficient (Wildman–Crippen LogP) is 3.94. The number of morpholine rings is 1. The molecule has 0 atom stereocenters. The van der Waals surface area contributed by atoms with E-state index in [0.717, 1.165) is 54.0 Å². The van der Waals surface area contributed by atoms with Gasteiger partial charge in [0.05, 0.1) is 20.3 Å². The highest BCUT2D eigenvalue weighted by molar-refractivity contribution is 6.30. The van der Waals surface area contributed by atoms with Crippen molar-refractivity contribution >= 4 is 29.2 Å². The second kappa shape index (κ2) is 7.49. The van der Waals surface area contributed by atoms with Gasteiger partial charge < -0.3 is 14.4 Å². The van der Waals surface area contributed by atoms with E-state index in [1.165, 1.54) is 0 Å². The molecule has 23 heavy (non-hydrogen) atoms. The van der Waals surface area contributed by atoms with E-state index in [-0.39, 0.29) is 0 Å². The first-order chi connectivity index (χ1) is 11.3. The van der Waals surface area contributed by atoms with Gasteiger partial charge in [-0.05, 0) is 29.8 Å². The van der Waals surface area contributed by atoms with E-state index in [1.54, 1.807) is 7.11 Å². The van der Waals surface area contributed by atoms with Crippen LogP contribution in [-0.4, -0.2) is 39.6 Å². The summed E-state index contributed by atoms with van der Waals surface area (Å²) in [4.78, 5) is 6.82. The van der Waals surface area contributed by atoms with Crippen LogP contribution in [0.3, 0.4) is 0 Å². The molecule has 0 N–H and O–H groups in total. The molecule has 2 aromatic carbocycles. The lowest BCUT2D eigenvalue weighted by Crippen LogP contribution is -2.36. The Hall–Kier alpha value is -2.04. The Morgan fingerprint density at radius 2 is 1.87 bits per heavy atom. The predicted molar refractivity (Wildman–Crippen MR) is 94.7 cm³/mol. The number of ether oxygens (including phenoxy) is 2. The van der Waals surface area contributed by atoms with Gasteiger partial charge in [0.1, 0.15) is 11.4 Å². The average molecular weight is 331 g/mol. The molecule has 0 bridgehead atoms. The summed E-state index contributed by atoms with van der Waals surface area (Å²) in [5.74, 6) is 0.763. The molecule has 0 radical (unpaired) electrons. The normalized spacial score (nSPS) is 15.1. The highest BCUT2D eigenvalue weighted by atomic mass is 35.5. The fourth-order valence-electron chi connectivity index (χ4n) is 2.48. The van der Waals surface area contributed by atoms with Crippen LogP contribution in [0.25, 0.3) is 0 Å². The molecular weight excluding hydrogens is 312 g/mol. The first-order valence-corrected chi connectivity index (χ1v) is 7.94. The molecule has 0 aliphatic carbocycles. The summed E-state index contributed by atoms with van der Waals surface area (Å²) in [5, 5.41) is 0.717. The zero-order valence-electron chi connectivity index (χ0n) is 13.0. The largest absolute Gasteiger partial charge is 0.494 e. The van der Waals surface area contributed by atoms with Crippen molar-refractivity contribution in [2.24, 2.45) is 4.99 Å². The van der Waals surface area contributed by atoms with E-state index in [1.807, 2.05) is 42.6 Å². The molecule has 0 amide bonds. The lowest BCUT2D eigenvalue weighted by molar-refractivity contribution is 0.122. The lowest BCUT2D eigenvalue weighted by atomic mass is 10.2. The number of hydrogen-bond acceptors (Lipinski definition) is 4. The number of benzene rings is 2. The summed E-state index contributed by atoms with van der Waals surface area (Å²) < 4.78 is 10.9. The van der Waals surface area contributed by atoms with Crippen molar-refractivity contribution < 1.29 is 9.47 Å². The fourth-order valence-corrected chi connectivity index (χ4v) is 2.61. The molecule has 5 heteroatoms. The molecular formula is C18H19ClN2O2. The van der Waals surface area contributed by atoms with Crippen LogP contribution in [0, 0.1) is 0 Å². The minimum Gasteiger partial charge on any atom is -0.494 e. The van der Waals surface area contributed by atoms with E-state index in [4.69, 9.17) is 21.1 Å². The van der Waals surface area contributed by atoms with Gasteiger partial charge in [-0.3, -0.25) is 4.99 Å². The molecule has 1 aliphatic rings. The van der Waals surface area contributed by atoms with E-state index in [2.05, 4.69) is 16.0 Å². The minimum absolute atomic E-state index is 0.717. The molecule has 1 aliphatic heterocycles. The van der Waals surface area contributed by atoms with Crippen LogP contribution in [-0.2, 0) is 4.74 Å². The molecule has 0 spiro atoms. The van der Waals surface area contributed by atoms with Crippen LogP contribution in [0.15, 0.2) is 47.5 Å². The van der Waals surface area contributed by atoms with Gasteiger partial charge in [-0.2, -0.15) is 0 Å². The summed E-state index contributed by atoms with van der Waals surface area (Å²) >= 11 is 5.89. The summed E-state index contributed by atoms with van der Waals surface area (Å²) in [6.07, 6.45) is 1.81. The van der Waals surface area contributed by atoms with Gasteiger partial charge in [-0.25, -0.2) is 0 Å². The molecule has 1 heterocycles. The van der Waals surface area contributed by atoms with Gasteiger partial charge in [0.2, 0.25) is 0 Å². The van der Waals surface area contributed by atoms with Crippen molar-refractivity contribution in [2.75, 3.05) is 38.3 Å². The molecule has 4 nitrogen and oxygen atoms in total. The Balaban J connectivity index is 1.80. The first-order valence-electron chi connectivity index (χ1n) is 7.56. The Bertz CT molecular complexity index is 680. The number of methoxy groups -OCH3 is 1. The lowest BCUT2D eigenvalue weighted by Gasteiger charge is -2.29. The van der Waals surface area contributed by atoms with Gasteiger partial charge in [-0.1, -0.05) is 23.7 Å². The third kappa shape index (κ3) is 4.03. The number of nitrogens with zero attached hydrogens (tertiary/aromatic N) is 2. The van der Waals surface area contributed by atoms with Crippen LogP contribution in [0.5, 0.6) is 5.75 Å².